The number of primary amides is 1. The Labute approximate surface area is 146 Å². The van der Waals surface area contributed by atoms with E-state index in [4.69, 9.17) is 5.73 Å². The van der Waals surface area contributed by atoms with E-state index in [2.05, 4.69) is 28.2 Å². The second-order valence-corrected chi connectivity index (χ2v) is 7.12. The van der Waals surface area contributed by atoms with Gasteiger partial charge in [-0.25, -0.2) is 19.2 Å². The van der Waals surface area contributed by atoms with Crippen LogP contribution in [0.4, 0.5) is 9.18 Å². The maximum atomic E-state index is 13.1. The molecule has 0 aliphatic carbocycles. The molecule has 2 aliphatic heterocycles. The summed E-state index contributed by atoms with van der Waals surface area (Å²) < 4.78 is 13.1. The van der Waals surface area contributed by atoms with E-state index in [1.807, 2.05) is 11.8 Å². The van der Waals surface area contributed by atoms with Crippen molar-refractivity contribution < 1.29 is 9.18 Å². The average Bonchev–Trinajstić information content (AvgIpc) is 3.15. The lowest BCUT2D eigenvalue weighted by atomic mass is 9.84. The van der Waals surface area contributed by atoms with E-state index in [1.165, 1.54) is 18.0 Å². The van der Waals surface area contributed by atoms with Gasteiger partial charge in [-0.15, -0.1) is 0 Å². The van der Waals surface area contributed by atoms with Crippen molar-refractivity contribution in [1.29, 1.82) is 0 Å². The Morgan fingerprint density at radius 1 is 1.32 bits per heavy atom. The lowest BCUT2D eigenvalue weighted by Gasteiger charge is -2.23. The first-order chi connectivity index (χ1) is 12.0. The minimum absolute atomic E-state index is 0.259. The SMILES string of the molecule is Cc1ccc(CC2CC3CCC2N3C(N)=O)cc1-c1ncc(F)cn1. The molecular weight excluding hydrogens is 319 g/mol. The summed E-state index contributed by atoms with van der Waals surface area (Å²) in [7, 11) is 0. The number of aromatic nitrogens is 2. The fourth-order valence-electron chi connectivity index (χ4n) is 4.47. The summed E-state index contributed by atoms with van der Waals surface area (Å²) in [6.45, 7) is 2.00. The predicted molar refractivity (Wildman–Crippen MR) is 92.2 cm³/mol. The molecular formula is C19H21FN4O. The Kier molecular flexibility index (Phi) is 3.90. The molecule has 130 valence electrons. The van der Waals surface area contributed by atoms with Crippen molar-refractivity contribution in [2.24, 2.45) is 11.7 Å². The molecule has 2 N–H and O–H groups in total. The number of fused-ring (bicyclic) bond motifs is 2. The van der Waals surface area contributed by atoms with Crippen LogP contribution in [0.1, 0.15) is 30.4 Å². The molecule has 0 spiro atoms. The zero-order valence-electron chi connectivity index (χ0n) is 14.2. The Balaban J connectivity index is 1.57. The third-order valence-corrected chi connectivity index (χ3v) is 5.58. The van der Waals surface area contributed by atoms with Crippen molar-refractivity contribution in [2.45, 2.75) is 44.7 Å². The van der Waals surface area contributed by atoms with Gasteiger partial charge in [-0.1, -0.05) is 12.1 Å². The zero-order valence-corrected chi connectivity index (χ0v) is 14.2. The molecule has 25 heavy (non-hydrogen) atoms. The van der Waals surface area contributed by atoms with Gasteiger partial charge in [-0.05, 0) is 55.7 Å². The van der Waals surface area contributed by atoms with E-state index in [1.54, 1.807) is 0 Å². The van der Waals surface area contributed by atoms with E-state index in [9.17, 15) is 9.18 Å². The summed E-state index contributed by atoms with van der Waals surface area (Å²) in [5.41, 5.74) is 8.72. The topological polar surface area (TPSA) is 72.1 Å². The summed E-state index contributed by atoms with van der Waals surface area (Å²) in [6, 6.07) is 6.52. The molecule has 2 fully saturated rings. The molecule has 2 bridgehead atoms. The number of carbonyl (C=O) groups excluding carboxylic acids is 1. The molecule has 2 saturated heterocycles. The van der Waals surface area contributed by atoms with Gasteiger partial charge in [-0.3, -0.25) is 0 Å². The largest absolute Gasteiger partial charge is 0.351 e. The quantitative estimate of drug-likeness (QED) is 0.933. The van der Waals surface area contributed by atoms with Crippen LogP contribution in [-0.2, 0) is 6.42 Å². The van der Waals surface area contributed by atoms with Crippen molar-refractivity contribution in [2.75, 3.05) is 0 Å². The van der Waals surface area contributed by atoms with E-state index in [0.29, 0.717) is 17.8 Å². The number of hydrogen-bond acceptors (Lipinski definition) is 3. The zero-order chi connectivity index (χ0) is 17.6. The number of benzene rings is 1. The van der Waals surface area contributed by atoms with Gasteiger partial charge in [0.2, 0.25) is 0 Å². The Morgan fingerprint density at radius 2 is 2.08 bits per heavy atom. The molecule has 2 aliphatic rings. The number of halogens is 1. The molecule has 0 saturated carbocycles. The molecule has 3 heterocycles. The molecule has 0 radical (unpaired) electrons. The van der Waals surface area contributed by atoms with E-state index in [-0.39, 0.29) is 12.1 Å². The van der Waals surface area contributed by atoms with Crippen LogP contribution in [0.15, 0.2) is 30.6 Å². The highest BCUT2D eigenvalue weighted by Gasteiger charge is 2.47. The number of urea groups is 1. The fraction of sp³-hybridized carbons (Fsp3) is 0.421. The number of carbonyl (C=O) groups is 1. The van der Waals surface area contributed by atoms with E-state index in [0.717, 1.165) is 36.8 Å². The summed E-state index contributed by atoms with van der Waals surface area (Å²) in [5.74, 6) is 0.537. The van der Waals surface area contributed by atoms with Gasteiger partial charge in [0.15, 0.2) is 11.6 Å². The predicted octanol–water partition coefficient (Wildman–Crippen LogP) is 3.07. The minimum Gasteiger partial charge on any atom is -0.351 e. The minimum atomic E-state index is -0.439. The molecule has 3 unspecified atom stereocenters. The first kappa shape index (κ1) is 16.0. The van der Waals surface area contributed by atoms with Crippen LogP contribution in [0.25, 0.3) is 11.4 Å². The van der Waals surface area contributed by atoms with Gasteiger partial charge in [0, 0.05) is 17.6 Å². The smallest absolute Gasteiger partial charge is 0.315 e. The van der Waals surface area contributed by atoms with Gasteiger partial charge >= 0.3 is 6.03 Å². The summed E-state index contributed by atoms with van der Waals surface area (Å²) in [4.78, 5) is 21.8. The number of aryl methyl sites for hydroxylation is 1. The monoisotopic (exact) mass is 340 g/mol. The van der Waals surface area contributed by atoms with E-state index >= 15 is 0 Å². The van der Waals surface area contributed by atoms with Crippen molar-refractivity contribution in [3.05, 3.63) is 47.5 Å². The third-order valence-electron chi connectivity index (χ3n) is 5.58. The number of nitrogens with zero attached hydrogens (tertiary/aromatic N) is 3. The summed E-state index contributed by atoms with van der Waals surface area (Å²) in [6.07, 6.45) is 6.40. The number of rotatable bonds is 3. The molecule has 1 aromatic carbocycles. The first-order valence-electron chi connectivity index (χ1n) is 8.68. The Morgan fingerprint density at radius 3 is 2.76 bits per heavy atom. The molecule has 3 atom stereocenters. The molecule has 1 aromatic heterocycles. The van der Waals surface area contributed by atoms with Crippen molar-refractivity contribution in [3.63, 3.8) is 0 Å². The van der Waals surface area contributed by atoms with Crippen molar-refractivity contribution >= 4 is 6.03 Å². The second-order valence-electron chi connectivity index (χ2n) is 7.12. The maximum absolute atomic E-state index is 13.1. The maximum Gasteiger partial charge on any atom is 0.315 e. The van der Waals surface area contributed by atoms with E-state index < -0.39 is 5.82 Å². The number of nitrogens with two attached hydrogens (primary N) is 1. The normalized spacial score (nSPS) is 24.7. The number of amides is 2. The number of hydrogen-bond donors (Lipinski definition) is 1. The van der Waals surface area contributed by atoms with Gasteiger partial charge in [0.25, 0.3) is 0 Å². The van der Waals surface area contributed by atoms with Crippen LogP contribution in [0.2, 0.25) is 0 Å². The van der Waals surface area contributed by atoms with Crippen LogP contribution < -0.4 is 5.73 Å². The standard InChI is InChI=1S/C19H21FN4O/c1-11-2-3-12(7-16(11)18-22-9-14(20)10-23-18)6-13-8-15-4-5-17(13)24(15)19(21)25/h2-3,7,9-10,13,15,17H,4-6,8H2,1H3,(H2,21,25). The lowest BCUT2D eigenvalue weighted by Crippen LogP contribution is -2.40. The Hall–Kier alpha value is -2.50. The highest BCUT2D eigenvalue weighted by molar-refractivity contribution is 5.73. The second kappa shape index (κ2) is 6.10. The fourth-order valence-corrected chi connectivity index (χ4v) is 4.47. The van der Waals surface area contributed by atoms with Crippen LogP contribution >= 0.6 is 0 Å². The molecule has 6 heteroatoms. The van der Waals surface area contributed by atoms with Crippen LogP contribution in [-0.4, -0.2) is 33.0 Å². The van der Waals surface area contributed by atoms with Crippen LogP contribution in [0.3, 0.4) is 0 Å². The molecule has 2 amide bonds. The van der Waals surface area contributed by atoms with Gasteiger partial charge in [0.1, 0.15) is 0 Å². The van der Waals surface area contributed by atoms with Crippen molar-refractivity contribution in [3.8, 4) is 11.4 Å². The highest BCUT2D eigenvalue weighted by Crippen LogP contribution is 2.43. The van der Waals surface area contributed by atoms with Gasteiger partial charge < -0.3 is 10.6 Å². The first-order valence-corrected chi connectivity index (χ1v) is 8.68. The Bertz CT molecular complexity index is 808. The molecule has 2 aromatic rings. The summed E-state index contributed by atoms with van der Waals surface area (Å²) >= 11 is 0. The van der Waals surface area contributed by atoms with Crippen LogP contribution in [0.5, 0.6) is 0 Å². The molecule has 5 nitrogen and oxygen atoms in total. The average molecular weight is 340 g/mol. The lowest BCUT2D eigenvalue weighted by molar-refractivity contribution is 0.197. The van der Waals surface area contributed by atoms with Gasteiger partial charge in [-0.2, -0.15) is 0 Å². The highest BCUT2D eigenvalue weighted by atomic mass is 19.1. The molecule has 4 rings (SSSR count). The third kappa shape index (κ3) is 2.86. The van der Waals surface area contributed by atoms with Crippen molar-refractivity contribution in [1.82, 2.24) is 14.9 Å². The summed E-state index contributed by atoms with van der Waals surface area (Å²) in [5, 5.41) is 0. The van der Waals surface area contributed by atoms with Crippen LogP contribution in [0, 0.1) is 18.7 Å². The van der Waals surface area contributed by atoms with Gasteiger partial charge in [0.05, 0.1) is 12.4 Å².